The molecule has 0 N–H and O–H groups in total. The molecule has 3 nitrogen and oxygen atoms in total. The number of carbonyl (C=O) groups is 2. The highest BCUT2D eigenvalue weighted by Crippen LogP contribution is 2.18. The van der Waals surface area contributed by atoms with E-state index in [1.807, 2.05) is 0 Å². The summed E-state index contributed by atoms with van der Waals surface area (Å²) in [4.78, 5) is 21.4. The van der Waals surface area contributed by atoms with Gasteiger partial charge in [-0.15, -0.1) is 0 Å². The van der Waals surface area contributed by atoms with Crippen molar-refractivity contribution in [2.75, 3.05) is 7.11 Å². The predicted octanol–water partition coefficient (Wildman–Crippen LogP) is 2.07. The third kappa shape index (κ3) is 3.11. The van der Waals surface area contributed by atoms with Crippen LogP contribution in [-0.2, 0) is 9.53 Å². The minimum absolute atomic E-state index is 0.163. The van der Waals surface area contributed by atoms with Gasteiger partial charge in [-0.3, -0.25) is 0 Å². The Labute approximate surface area is 98.4 Å². The van der Waals surface area contributed by atoms with E-state index < -0.39 is 5.97 Å². The number of esters is 1. The van der Waals surface area contributed by atoms with Gasteiger partial charge in [0.05, 0.1) is 24.1 Å². The number of benzene rings is 1. The lowest BCUT2D eigenvalue weighted by Crippen LogP contribution is -2.02. The van der Waals surface area contributed by atoms with Crippen LogP contribution in [0.5, 0.6) is 0 Å². The molecule has 0 spiro atoms. The van der Waals surface area contributed by atoms with Gasteiger partial charge in [0.25, 0.3) is 0 Å². The van der Waals surface area contributed by atoms with Crippen molar-refractivity contribution in [3.63, 3.8) is 0 Å². The molecule has 0 aliphatic carbocycles. The molecular weight excluding hydrogens is 228 g/mol. The van der Waals surface area contributed by atoms with E-state index in [9.17, 15) is 9.59 Å². The zero-order valence-electron chi connectivity index (χ0n) is 8.62. The Hall–Kier alpha value is -1.79. The number of methoxy groups -OCH3 is 1. The lowest BCUT2D eigenvalue weighted by atomic mass is 10.1. The molecule has 0 amide bonds. The van der Waals surface area contributed by atoms with Gasteiger partial charge >= 0.3 is 5.97 Å². The highest BCUT2D eigenvalue weighted by molar-refractivity contribution is 6.33. The monoisotopic (exact) mass is 236 g/mol. The zero-order chi connectivity index (χ0) is 12.0. The third-order valence-electron chi connectivity index (χ3n) is 1.79. The average molecular weight is 237 g/mol. The molecule has 82 valence electrons. The van der Waals surface area contributed by atoms with Crippen LogP contribution in [0.25, 0.3) is 0 Å². The zero-order valence-corrected chi connectivity index (χ0v) is 9.38. The first kappa shape index (κ1) is 12.3. The van der Waals surface area contributed by atoms with Crippen molar-refractivity contribution in [1.82, 2.24) is 0 Å². The Morgan fingerprint density at radius 2 is 2.31 bits per heavy atom. The summed E-state index contributed by atoms with van der Waals surface area (Å²) in [6, 6.07) is 4.78. The van der Waals surface area contributed by atoms with Crippen LogP contribution in [0.2, 0.25) is 5.02 Å². The molecule has 0 aromatic heterocycles. The second-order valence-corrected chi connectivity index (χ2v) is 3.27. The lowest BCUT2D eigenvalue weighted by Gasteiger charge is -2.02. The summed E-state index contributed by atoms with van der Waals surface area (Å²) in [7, 11) is 1.28. The molecule has 1 rings (SSSR count). The maximum absolute atomic E-state index is 11.3. The number of ether oxygens (including phenoxy) is 1. The molecule has 0 bridgehead atoms. The Morgan fingerprint density at radius 3 is 2.94 bits per heavy atom. The van der Waals surface area contributed by atoms with Gasteiger partial charge in [-0.05, 0) is 18.2 Å². The first-order chi connectivity index (χ1) is 7.69. The lowest BCUT2D eigenvalue weighted by molar-refractivity contribution is -0.107. The molecule has 0 atom stereocenters. The molecule has 0 aliphatic heterocycles. The van der Waals surface area contributed by atoms with E-state index in [1.165, 1.54) is 13.2 Å². The molecule has 4 heteroatoms. The Morgan fingerprint density at radius 1 is 1.56 bits per heavy atom. The molecule has 0 unspecified atom stereocenters. The second-order valence-electron chi connectivity index (χ2n) is 2.86. The fraction of sp³-hybridized carbons (Fsp3) is 0.167. The van der Waals surface area contributed by atoms with Gasteiger partial charge in [-0.25, -0.2) is 4.79 Å². The molecule has 16 heavy (non-hydrogen) atoms. The molecule has 0 aliphatic rings. The van der Waals surface area contributed by atoms with Crippen LogP contribution in [0.4, 0.5) is 0 Å². The largest absolute Gasteiger partial charge is 0.465 e. The Balaban J connectivity index is 3.04. The van der Waals surface area contributed by atoms with Gasteiger partial charge in [0, 0.05) is 5.56 Å². The van der Waals surface area contributed by atoms with Crippen molar-refractivity contribution < 1.29 is 14.3 Å². The van der Waals surface area contributed by atoms with Gasteiger partial charge in [0.15, 0.2) is 0 Å². The first-order valence-corrected chi connectivity index (χ1v) is 4.87. The van der Waals surface area contributed by atoms with Gasteiger partial charge in [0.1, 0.15) is 6.29 Å². The molecule has 0 saturated carbocycles. The van der Waals surface area contributed by atoms with Gasteiger partial charge in [-0.2, -0.15) is 0 Å². The molecular formula is C12H9ClO3. The van der Waals surface area contributed by atoms with Crippen LogP contribution in [0.15, 0.2) is 18.2 Å². The normalized spacial score (nSPS) is 8.88. The fourth-order valence-electron chi connectivity index (χ4n) is 1.06. The number of hydrogen-bond donors (Lipinski definition) is 0. The molecule has 0 fully saturated rings. The minimum atomic E-state index is -0.510. The van der Waals surface area contributed by atoms with Crippen molar-refractivity contribution >= 4 is 23.9 Å². The van der Waals surface area contributed by atoms with Gasteiger partial charge < -0.3 is 9.53 Å². The van der Waals surface area contributed by atoms with Crippen LogP contribution in [0, 0.1) is 11.8 Å². The Kier molecular flexibility index (Phi) is 4.56. The van der Waals surface area contributed by atoms with Gasteiger partial charge in [0.2, 0.25) is 0 Å². The molecule has 1 aromatic carbocycles. The predicted molar refractivity (Wildman–Crippen MR) is 60.4 cm³/mol. The summed E-state index contributed by atoms with van der Waals surface area (Å²) in [5.74, 6) is 4.88. The van der Waals surface area contributed by atoms with E-state index in [0.717, 1.165) is 0 Å². The quantitative estimate of drug-likeness (QED) is 0.449. The van der Waals surface area contributed by atoms with E-state index in [-0.39, 0.29) is 12.0 Å². The van der Waals surface area contributed by atoms with E-state index in [1.54, 1.807) is 12.1 Å². The minimum Gasteiger partial charge on any atom is -0.465 e. The van der Waals surface area contributed by atoms with Crippen LogP contribution in [0.1, 0.15) is 22.3 Å². The van der Waals surface area contributed by atoms with E-state index >= 15 is 0 Å². The summed E-state index contributed by atoms with van der Waals surface area (Å²) in [5, 5.41) is 0.313. The van der Waals surface area contributed by atoms with Crippen LogP contribution < -0.4 is 0 Å². The molecule has 1 aromatic rings. The van der Waals surface area contributed by atoms with E-state index in [0.29, 0.717) is 16.9 Å². The summed E-state index contributed by atoms with van der Waals surface area (Å²) >= 11 is 5.83. The number of carbonyl (C=O) groups excluding carboxylic acids is 2. The van der Waals surface area contributed by atoms with E-state index in [2.05, 4.69) is 16.6 Å². The first-order valence-electron chi connectivity index (χ1n) is 4.49. The maximum atomic E-state index is 11.3. The van der Waals surface area contributed by atoms with Crippen LogP contribution in [-0.4, -0.2) is 19.4 Å². The highest BCUT2D eigenvalue weighted by atomic mass is 35.5. The van der Waals surface area contributed by atoms with Gasteiger partial charge in [-0.1, -0.05) is 23.4 Å². The fourth-order valence-corrected chi connectivity index (χ4v) is 1.26. The summed E-state index contributed by atoms with van der Waals surface area (Å²) in [6.07, 6.45) is 0.875. The number of aldehydes is 1. The third-order valence-corrected chi connectivity index (χ3v) is 2.12. The molecule has 0 heterocycles. The van der Waals surface area contributed by atoms with Crippen LogP contribution >= 0.6 is 11.6 Å². The van der Waals surface area contributed by atoms with Crippen molar-refractivity contribution in [2.24, 2.45) is 0 Å². The topological polar surface area (TPSA) is 43.4 Å². The maximum Gasteiger partial charge on any atom is 0.339 e. The smallest absolute Gasteiger partial charge is 0.339 e. The van der Waals surface area contributed by atoms with Crippen molar-refractivity contribution in [2.45, 2.75) is 6.42 Å². The van der Waals surface area contributed by atoms with Crippen molar-refractivity contribution in [1.29, 1.82) is 0 Å². The standard InChI is InChI=1S/C12H9ClO3/c1-16-12(15)10-8-9(4-2-3-7-14)5-6-11(10)13/h5-8H,3H2,1H3. The molecule has 0 saturated heterocycles. The summed E-state index contributed by atoms with van der Waals surface area (Å²) in [6.45, 7) is 0. The number of hydrogen-bond acceptors (Lipinski definition) is 3. The average Bonchev–Trinajstić information content (AvgIpc) is 2.30. The number of rotatable bonds is 2. The summed E-state index contributed by atoms with van der Waals surface area (Å²) in [5.41, 5.74) is 0.883. The van der Waals surface area contributed by atoms with E-state index in [4.69, 9.17) is 11.6 Å². The SMILES string of the molecule is COC(=O)c1cc(C#CCC=O)ccc1Cl. The number of halogens is 1. The molecule has 0 radical (unpaired) electrons. The van der Waals surface area contributed by atoms with Crippen molar-refractivity contribution in [3.8, 4) is 11.8 Å². The Bertz CT molecular complexity index is 469. The van der Waals surface area contributed by atoms with Crippen LogP contribution in [0.3, 0.4) is 0 Å². The second kappa shape index (κ2) is 5.94. The summed E-state index contributed by atoms with van der Waals surface area (Å²) < 4.78 is 4.57. The van der Waals surface area contributed by atoms with Crippen molar-refractivity contribution in [3.05, 3.63) is 34.3 Å². The highest BCUT2D eigenvalue weighted by Gasteiger charge is 2.10.